The highest BCUT2D eigenvalue weighted by atomic mass is 32.2. The summed E-state index contributed by atoms with van der Waals surface area (Å²) in [4.78, 5) is 16.6. The predicted octanol–water partition coefficient (Wildman–Crippen LogP) is 2.20. The molecule has 0 spiro atoms. The second-order valence-electron chi connectivity index (χ2n) is 6.70. The van der Waals surface area contributed by atoms with Gasteiger partial charge in [-0.2, -0.15) is 0 Å². The van der Waals surface area contributed by atoms with E-state index in [1.165, 1.54) is 11.0 Å². The maximum atomic E-state index is 12.8. The maximum absolute atomic E-state index is 12.8. The van der Waals surface area contributed by atoms with Crippen LogP contribution < -0.4 is 4.90 Å². The van der Waals surface area contributed by atoms with E-state index in [0.717, 1.165) is 43.8 Å². The second kappa shape index (κ2) is 8.10. The standard InChI is InChI=1S/C20H24N2O4S/c1-21(20(23)18-5-3-4-6-19(18)27(2,24)25)15-16-7-9-17(10-8-16)22-11-13-26-14-12-22/h3-10H,11-15H2,1-2H3. The van der Waals surface area contributed by atoms with Crippen LogP contribution >= 0.6 is 0 Å². The first-order chi connectivity index (χ1) is 12.9. The van der Waals surface area contributed by atoms with Crippen molar-refractivity contribution in [2.75, 3.05) is 44.5 Å². The van der Waals surface area contributed by atoms with Crippen molar-refractivity contribution in [3.8, 4) is 0 Å². The lowest BCUT2D eigenvalue weighted by molar-refractivity contribution is 0.0781. The Labute approximate surface area is 160 Å². The summed E-state index contributed by atoms with van der Waals surface area (Å²) in [7, 11) is -1.79. The Bertz CT molecular complexity index is 904. The zero-order valence-corrected chi connectivity index (χ0v) is 16.4. The lowest BCUT2D eigenvalue weighted by Gasteiger charge is -2.29. The third kappa shape index (κ3) is 4.67. The summed E-state index contributed by atoms with van der Waals surface area (Å²) in [6.07, 6.45) is 1.11. The van der Waals surface area contributed by atoms with Crippen LogP contribution in [0, 0.1) is 0 Å². The molecule has 0 radical (unpaired) electrons. The Morgan fingerprint density at radius 1 is 1.07 bits per heavy atom. The average molecular weight is 388 g/mol. The van der Waals surface area contributed by atoms with Gasteiger partial charge < -0.3 is 14.5 Å². The van der Waals surface area contributed by atoms with Gasteiger partial charge in [0.25, 0.3) is 5.91 Å². The number of carbonyl (C=O) groups is 1. The van der Waals surface area contributed by atoms with E-state index >= 15 is 0 Å². The molecule has 6 nitrogen and oxygen atoms in total. The molecule has 7 heteroatoms. The van der Waals surface area contributed by atoms with Gasteiger partial charge in [-0.15, -0.1) is 0 Å². The van der Waals surface area contributed by atoms with Gasteiger partial charge in [-0.1, -0.05) is 24.3 Å². The summed E-state index contributed by atoms with van der Waals surface area (Å²) in [5.41, 5.74) is 2.32. The van der Waals surface area contributed by atoms with Gasteiger partial charge in [0.15, 0.2) is 9.84 Å². The van der Waals surface area contributed by atoms with E-state index < -0.39 is 9.84 Å². The van der Waals surface area contributed by atoms with Gasteiger partial charge in [-0.3, -0.25) is 4.79 Å². The summed E-state index contributed by atoms with van der Waals surface area (Å²) in [6.45, 7) is 3.62. The first-order valence-corrected chi connectivity index (χ1v) is 10.7. The van der Waals surface area contributed by atoms with Gasteiger partial charge in [-0.05, 0) is 29.8 Å². The van der Waals surface area contributed by atoms with E-state index in [2.05, 4.69) is 4.90 Å². The Kier molecular flexibility index (Phi) is 5.82. The smallest absolute Gasteiger partial charge is 0.255 e. The van der Waals surface area contributed by atoms with Crippen LogP contribution in [0.5, 0.6) is 0 Å². The number of rotatable bonds is 5. The third-order valence-electron chi connectivity index (χ3n) is 4.60. The number of nitrogens with zero attached hydrogens (tertiary/aromatic N) is 2. The van der Waals surface area contributed by atoms with E-state index in [9.17, 15) is 13.2 Å². The number of benzene rings is 2. The summed E-state index contributed by atoms with van der Waals surface area (Å²) in [5.74, 6) is -0.312. The van der Waals surface area contributed by atoms with Gasteiger partial charge in [0.1, 0.15) is 0 Å². The first-order valence-electron chi connectivity index (χ1n) is 8.82. The van der Waals surface area contributed by atoms with Crippen molar-refractivity contribution in [3.05, 3.63) is 59.7 Å². The molecule has 0 atom stereocenters. The molecule has 0 saturated carbocycles. The molecule has 0 N–H and O–H groups in total. The zero-order valence-electron chi connectivity index (χ0n) is 15.6. The molecule has 3 rings (SSSR count). The number of sulfone groups is 1. The fourth-order valence-corrected chi connectivity index (χ4v) is 4.03. The number of amides is 1. The van der Waals surface area contributed by atoms with Gasteiger partial charge in [0.2, 0.25) is 0 Å². The van der Waals surface area contributed by atoms with E-state index in [4.69, 9.17) is 4.74 Å². The van der Waals surface area contributed by atoms with Gasteiger partial charge in [0, 0.05) is 38.6 Å². The number of morpholine rings is 1. The minimum absolute atomic E-state index is 0.0597. The maximum Gasteiger partial charge on any atom is 0.255 e. The van der Waals surface area contributed by atoms with Crippen molar-refractivity contribution in [2.24, 2.45) is 0 Å². The van der Waals surface area contributed by atoms with Crippen LogP contribution in [-0.4, -0.2) is 58.8 Å². The molecule has 144 valence electrons. The Morgan fingerprint density at radius 2 is 1.70 bits per heavy atom. The van der Waals surface area contributed by atoms with Crippen LogP contribution in [-0.2, 0) is 21.1 Å². The van der Waals surface area contributed by atoms with Crippen molar-refractivity contribution in [2.45, 2.75) is 11.4 Å². The molecular formula is C20H24N2O4S. The Morgan fingerprint density at radius 3 is 2.33 bits per heavy atom. The Balaban J connectivity index is 1.72. The molecule has 0 aliphatic carbocycles. The van der Waals surface area contributed by atoms with Crippen molar-refractivity contribution in [1.29, 1.82) is 0 Å². The molecule has 0 bridgehead atoms. The van der Waals surface area contributed by atoms with Crippen LogP contribution in [0.1, 0.15) is 15.9 Å². The number of ether oxygens (including phenoxy) is 1. The number of hydrogen-bond donors (Lipinski definition) is 0. The SMILES string of the molecule is CN(Cc1ccc(N2CCOCC2)cc1)C(=O)c1ccccc1S(C)(=O)=O. The first kappa shape index (κ1) is 19.4. The quantitative estimate of drug-likeness (QED) is 0.786. The van der Waals surface area contributed by atoms with E-state index in [0.29, 0.717) is 6.54 Å². The molecule has 1 heterocycles. The van der Waals surface area contributed by atoms with Gasteiger partial charge >= 0.3 is 0 Å². The molecule has 1 aliphatic heterocycles. The summed E-state index contributed by atoms with van der Waals surface area (Å²) < 4.78 is 29.3. The van der Waals surface area contributed by atoms with Gasteiger partial charge in [0.05, 0.1) is 23.7 Å². The predicted molar refractivity (Wildman–Crippen MR) is 105 cm³/mol. The largest absolute Gasteiger partial charge is 0.378 e. The summed E-state index contributed by atoms with van der Waals surface area (Å²) >= 11 is 0. The monoisotopic (exact) mass is 388 g/mol. The second-order valence-corrected chi connectivity index (χ2v) is 8.68. The molecule has 2 aromatic carbocycles. The third-order valence-corrected chi connectivity index (χ3v) is 5.75. The highest BCUT2D eigenvalue weighted by molar-refractivity contribution is 7.90. The van der Waals surface area contributed by atoms with Crippen LogP contribution in [0.4, 0.5) is 5.69 Å². The normalized spacial score (nSPS) is 14.8. The molecule has 1 saturated heterocycles. The number of carbonyl (C=O) groups excluding carboxylic acids is 1. The molecule has 1 fully saturated rings. The molecule has 0 aromatic heterocycles. The molecule has 2 aromatic rings. The highest BCUT2D eigenvalue weighted by Crippen LogP contribution is 2.20. The molecule has 1 aliphatic rings. The van der Waals surface area contributed by atoms with Crippen molar-refractivity contribution in [3.63, 3.8) is 0 Å². The minimum atomic E-state index is -3.47. The topological polar surface area (TPSA) is 66.9 Å². The molecule has 1 amide bonds. The van der Waals surface area contributed by atoms with Crippen molar-refractivity contribution in [1.82, 2.24) is 4.90 Å². The zero-order chi connectivity index (χ0) is 19.4. The lowest BCUT2D eigenvalue weighted by atomic mass is 10.1. The van der Waals surface area contributed by atoms with Crippen LogP contribution in [0.25, 0.3) is 0 Å². The highest BCUT2D eigenvalue weighted by Gasteiger charge is 2.21. The average Bonchev–Trinajstić information content (AvgIpc) is 2.68. The number of anilines is 1. The van der Waals surface area contributed by atoms with Crippen LogP contribution in [0.2, 0.25) is 0 Å². The fourth-order valence-electron chi connectivity index (χ4n) is 3.15. The van der Waals surface area contributed by atoms with Crippen molar-refractivity contribution >= 4 is 21.4 Å². The van der Waals surface area contributed by atoms with E-state index in [1.807, 2.05) is 24.3 Å². The van der Waals surface area contributed by atoms with E-state index in [-0.39, 0.29) is 16.4 Å². The minimum Gasteiger partial charge on any atom is -0.378 e. The summed E-state index contributed by atoms with van der Waals surface area (Å²) in [5, 5.41) is 0. The fraction of sp³-hybridized carbons (Fsp3) is 0.350. The Hall–Kier alpha value is -2.38. The number of hydrogen-bond acceptors (Lipinski definition) is 5. The van der Waals surface area contributed by atoms with Gasteiger partial charge in [-0.25, -0.2) is 8.42 Å². The van der Waals surface area contributed by atoms with Crippen molar-refractivity contribution < 1.29 is 17.9 Å². The van der Waals surface area contributed by atoms with Crippen LogP contribution in [0.3, 0.4) is 0 Å². The lowest BCUT2D eigenvalue weighted by Crippen LogP contribution is -2.36. The summed E-state index contributed by atoms with van der Waals surface area (Å²) in [6, 6.07) is 14.4. The van der Waals surface area contributed by atoms with E-state index in [1.54, 1.807) is 25.2 Å². The molecule has 0 unspecified atom stereocenters. The van der Waals surface area contributed by atoms with Crippen LogP contribution in [0.15, 0.2) is 53.4 Å². The molecular weight excluding hydrogens is 364 g/mol. The molecule has 27 heavy (non-hydrogen) atoms.